The normalized spacial score (nSPS) is 17.3. The number of carbonyl (C=O) groups is 1. The molecule has 92 valence electrons. The van der Waals surface area contributed by atoms with E-state index in [1.807, 2.05) is 18.2 Å². The van der Waals surface area contributed by atoms with E-state index < -0.39 is 0 Å². The van der Waals surface area contributed by atoms with Gasteiger partial charge in [-0.15, -0.1) is 0 Å². The van der Waals surface area contributed by atoms with Crippen LogP contribution in [-0.2, 0) is 0 Å². The van der Waals surface area contributed by atoms with Crippen LogP contribution < -0.4 is 9.64 Å². The Morgan fingerprint density at radius 2 is 2.18 bits per heavy atom. The van der Waals surface area contributed by atoms with Crippen LogP contribution in [0, 0.1) is 0 Å². The largest absolute Gasteiger partial charge is 0.484 e. The second kappa shape index (κ2) is 4.06. The number of anilines is 1. The van der Waals surface area contributed by atoms with Gasteiger partial charge in [0.1, 0.15) is 11.4 Å². The van der Waals surface area contributed by atoms with Gasteiger partial charge in [-0.05, 0) is 45.9 Å². The average molecular weight is 233 g/mol. The Balaban J connectivity index is 2.46. The molecule has 0 atom stereocenters. The molecule has 0 fully saturated rings. The van der Waals surface area contributed by atoms with E-state index in [1.54, 1.807) is 6.92 Å². The summed E-state index contributed by atoms with van der Waals surface area (Å²) >= 11 is 0. The van der Waals surface area contributed by atoms with E-state index in [2.05, 4.69) is 25.7 Å². The SMILES string of the molecule is CCN1CC(C)(C)Oc2ccc(C(C)=O)cc21. The van der Waals surface area contributed by atoms with Gasteiger partial charge in [-0.25, -0.2) is 0 Å². The number of nitrogens with zero attached hydrogens (tertiary/aromatic N) is 1. The Morgan fingerprint density at radius 1 is 1.47 bits per heavy atom. The molecule has 3 nitrogen and oxygen atoms in total. The number of likely N-dealkylation sites (N-methyl/N-ethyl adjacent to an activating group) is 1. The van der Waals surface area contributed by atoms with Gasteiger partial charge in [0.15, 0.2) is 5.78 Å². The van der Waals surface area contributed by atoms with Gasteiger partial charge in [-0.2, -0.15) is 0 Å². The third-order valence-corrected chi connectivity index (χ3v) is 3.05. The number of rotatable bonds is 2. The van der Waals surface area contributed by atoms with Gasteiger partial charge in [-0.1, -0.05) is 0 Å². The molecule has 3 heteroatoms. The number of ether oxygens (including phenoxy) is 1. The first kappa shape index (κ1) is 12.0. The lowest BCUT2D eigenvalue weighted by Crippen LogP contribution is -2.46. The average Bonchev–Trinajstić information content (AvgIpc) is 2.26. The molecule has 0 spiro atoms. The molecule has 0 radical (unpaired) electrons. The second-order valence-corrected chi connectivity index (χ2v) is 5.11. The van der Waals surface area contributed by atoms with Gasteiger partial charge in [0, 0.05) is 12.1 Å². The minimum atomic E-state index is -0.180. The van der Waals surface area contributed by atoms with Crippen molar-refractivity contribution in [2.75, 3.05) is 18.0 Å². The van der Waals surface area contributed by atoms with E-state index in [1.165, 1.54) is 0 Å². The van der Waals surface area contributed by atoms with Crippen LogP contribution >= 0.6 is 0 Å². The number of hydrogen-bond donors (Lipinski definition) is 0. The summed E-state index contributed by atoms with van der Waals surface area (Å²) in [6, 6.07) is 5.66. The van der Waals surface area contributed by atoms with E-state index in [0.717, 1.165) is 30.1 Å². The van der Waals surface area contributed by atoms with Crippen LogP contribution in [0.4, 0.5) is 5.69 Å². The summed E-state index contributed by atoms with van der Waals surface area (Å²) in [4.78, 5) is 13.6. The standard InChI is InChI=1S/C14H19NO2/c1-5-15-9-14(3,4)17-13-7-6-11(10(2)16)8-12(13)15/h6-8H,5,9H2,1-4H3. The van der Waals surface area contributed by atoms with Crippen LogP contribution in [0.2, 0.25) is 0 Å². The van der Waals surface area contributed by atoms with Gasteiger partial charge in [0.25, 0.3) is 0 Å². The Bertz CT molecular complexity index is 452. The van der Waals surface area contributed by atoms with Crippen LogP contribution in [-0.4, -0.2) is 24.5 Å². The van der Waals surface area contributed by atoms with Crippen molar-refractivity contribution in [2.24, 2.45) is 0 Å². The first-order valence-electron chi connectivity index (χ1n) is 6.02. The maximum absolute atomic E-state index is 11.4. The summed E-state index contributed by atoms with van der Waals surface area (Å²) in [6.45, 7) is 9.63. The predicted octanol–water partition coefficient (Wildman–Crippen LogP) is 2.89. The highest BCUT2D eigenvalue weighted by molar-refractivity contribution is 5.95. The lowest BCUT2D eigenvalue weighted by Gasteiger charge is -2.40. The summed E-state index contributed by atoms with van der Waals surface area (Å²) < 4.78 is 5.93. The van der Waals surface area contributed by atoms with Crippen LogP contribution in [0.1, 0.15) is 38.1 Å². The molecule has 2 rings (SSSR count). The number of hydrogen-bond acceptors (Lipinski definition) is 3. The zero-order valence-electron chi connectivity index (χ0n) is 10.9. The fourth-order valence-corrected chi connectivity index (χ4v) is 2.23. The topological polar surface area (TPSA) is 29.5 Å². The lowest BCUT2D eigenvalue weighted by atomic mass is 10.0. The quantitative estimate of drug-likeness (QED) is 0.736. The molecule has 1 aliphatic heterocycles. The molecule has 0 aliphatic carbocycles. The number of carbonyl (C=O) groups excluding carboxylic acids is 1. The van der Waals surface area contributed by atoms with Crippen molar-refractivity contribution in [1.82, 2.24) is 0 Å². The lowest BCUT2D eigenvalue weighted by molar-refractivity contribution is 0.101. The Morgan fingerprint density at radius 3 is 2.76 bits per heavy atom. The van der Waals surface area contributed by atoms with Crippen molar-refractivity contribution in [1.29, 1.82) is 0 Å². The first-order valence-corrected chi connectivity index (χ1v) is 6.02. The number of benzene rings is 1. The van der Waals surface area contributed by atoms with E-state index >= 15 is 0 Å². The van der Waals surface area contributed by atoms with Crippen LogP contribution in [0.15, 0.2) is 18.2 Å². The first-order chi connectivity index (χ1) is 7.93. The molecule has 17 heavy (non-hydrogen) atoms. The van der Waals surface area contributed by atoms with Crippen LogP contribution in [0.25, 0.3) is 0 Å². The Labute approximate surface area is 102 Å². The number of ketones is 1. The summed E-state index contributed by atoms with van der Waals surface area (Å²) in [7, 11) is 0. The molecular formula is C14H19NO2. The highest BCUT2D eigenvalue weighted by Crippen LogP contribution is 2.37. The smallest absolute Gasteiger partial charge is 0.159 e. The molecule has 0 saturated heterocycles. The van der Waals surface area contributed by atoms with Gasteiger partial charge in [0.2, 0.25) is 0 Å². The molecule has 0 N–H and O–H groups in total. The van der Waals surface area contributed by atoms with E-state index in [-0.39, 0.29) is 11.4 Å². The fourth-order valence-electron chi connectivity index (χ4n) is 2.23. The van der Waals surface area contributed by atoms with E-state index in [9.17, 15) is 4.79 Å². The van der Waals surface area contributed by atoms with Crippen molar-refractivity contribution in [3.63, 3.8) is 0 Å². The van der Waals surface area contributed by atoms with Crippen LogP contribution in [0.5, 0.6) is 5.75 Å². The molecule has 1 aliphatic rings. The minimum Gasteiger partial charge on any atom is -0.484 e. The van der Waals surface area contributed by atoms with Crippen molar-refractivity contribution < 1.29 is 9.53 Å². The summed E-state index contributed by atoms with van der Waals surface area (Å²) in [5, 5.41) is 0. The van der Waals surface area contributed by atoms with Crippen molar-refractivity contribution in [3.8, 4) is 5.75 Å². The van der Waals surface area contributed by atoms with Crippen molar-refractivity contribution in [2.45, 2.75) is 33.3 Å². The molecule has 0 aromatic heterocycles. The maximum Gasteiger partial charge on any atom is 0.159 e. The van der Waals surface area contributed by atoms with E-state index in [0.29, 0.717) is 0 Å². The molecular weight excluding hydrogens is 214 g/mol. The monoisotopic (exact) mass is 233 g/mol. The molecule has 1 aromatic rings. The van der Waals surface area contributed by atoms with Crippen LogP contribution in [0.3, 0.4) is 0 Å². The summed E-state index contributed by atoms with van der Waals surface area (Å²) in [5.41, 5.74) is 1.59. The molecule has 1 heterocycles. The molecule has 0 saturated carbocycles. The molecule has 0 unspecified atom stereocenters. The Hall–Kier alpha value is -1.51. The molecule has 0 amide bonds. The zero-order valence-corrected chi connectivity index (χ0v) is 10.9. The third kappa shape index (κ3) is 2.28. The summed E-state index contributed by atoms with van der Waals surface area (Å²) in [5.74, 6) is 0.960. The summed E-state index contributed by atoms with van der Waals surface area (Å²) in [6.07, 6.45) is 0. The van der Waals surface area contributed by atoms with Crippen molar-refractivity contribution >= 4 is 11.5 Å². The second-order valence-electron chi connectivity index (χ2n) is 5.11. The van der Waals surface area contributed by atoms with Gasteiger partial charge in [-0.3, -0.25) is 4.79 Å². The molecule has 1 aromatic carbocycles. The highest BCUT2D eigenvalue weighted by atomic mass is 16.5. The Kier molecular flexibility index (Phi) is 2.86. The third-order valence-electron chi connectivity index (χ3n) is 3.05. The number of fused-ring (bicyclic) bond motifs is 1. The number of Topliss-reactive ketones (excluding diaryl/α,β-unsaturated/α-hetero) is 1. The van der Waals surface area contributed by atoms with Gasteiger partial charge < -0.3 is 9.64 Å². The zero-order chi connectivity index (χ0) is 12.6. The molecule has 0 bridgehead atoms. The minimum absolute atomic E-state index is 0.0914. The van der Waals surface area contributed by atoms with Crippen molar-refractivity contribution in [3.05, 3.63) is 23.8 Å². The van der Waals surface area contributed by atoms with Gasteiger partial charge >= 0.3 is 0 Å². The van der Waals surface area contributed by atoms with E-state index in [4.69, 9.17) is 4.74 Å². The fraction of sp³-hybridized carbons (Fsp3) is 0.500. The maximum atomic E-state index is 11.4. The van der Waals surface area contributed by atoms with Gasteiger partial charge in [0.05, 0.1) is 12.2 Å². The predicted molar refractivity (Wildman–Crippen MR) is 69.0 cm³/mol. The highest BCUT2D eigenvalue weighted by Gasteiger charge is 2.31.